The van der Waals surface area contributed by atoms with Gasteiger partial charge in [-0.15, -0.1) is 11.3 Å². The van der Waals surface area contributed by atoms with Crippen molar-refractivity contribution in [2.45, 2.75) is 9.92 Å². The maximum absolute atomic E-state index is 12.7. The number of fused-ring (bicyclic) bond motifs is 2. The fourth-order valence-electron chi connectivity index (χ4n) is 2.64. The molecule has 0 spiro atoms. The summed E-state index contributed by atoms with van der Waals surface area (Å²) in [5.41, 5.74) is 1.20. The first-order chi connectivity index (χ1) is 12.7. The van der Waals surface area contributed by atoms with Crippen molar-refractivity contribution in [3.8, 4) is 6.07 Å². The molecule has 0 bridgehead atoms. The Hall–Kier alpha value is -2.34. The monoisotopic (exact) mass is 396 g/mol. The number of anilines is 1. The highest BCUT2D eigenvalue weighted by molar-refractivity contribution is 8.03. The third-order valence-electron chi connectivity index (χ3n) is 3.91. The molecule has 8 heteroatoms. The highest BCUT2D eigenvalue weighted by Gasteiger charge is 2.27. The van der Waals surface area contributed by atoms with Crippen LogP contribution < -0.4 is 4.90 Å². The molecule has 1 aromatic carbocycles. The molecule has 0 atom stereocenters. The molecular formula is C18H12N4OS3. The highest BCUT2D eigenvalue weighted by atomic mass is 32.2. The Morgan fingerprint density at radius 3 is 2.96 bits per heavy atom. The van der Waals surface area contributed by atoms with Crippen LogP contribution in [0.15, 0.2) is 62.6 Å². The van der Waals surface area contributed by atoms with Gasteiger partial charge in [0, 0.05) is 17.3 Å². The number of nitriles is 1. The lowest BCUT2D eigenvalue weighted by molar-refractivity contribution is -0.112. The van der Waals surface area contributed by atoms with Crippen LogP contribution in [0.2, 0.25) is 0 Å². The van der Waals surface area contributed by atoms with Gasteiger partial charge >= 0.3 is 0 Å². The lowest BCUT2D eigenvalue weighted by atomic mass is 10.2. The summed E-state index contributed by atoms with van der Waals surface area (Å²) in [6.45, 7) is 0. The summed E-state index contributed by atoms with van der Waals surface area (Å²) in [6.07, 6.45) is 1.51. The molecular weight excluding hydrogens is 384 g/mol. The zero-order chi connectivity index (χ0) is 18.1. The molecule has 0 radical (unpaired) electrons. The summed E-state index contributed by atoms with van der Waals surface area (Å²) >= 11 is 4.34. The SMILES string of the molecule is CN1/C(=C(\C#N)C(=O)CSc2ncnc3sccc23)Sc2ccccc21. The van der Waals surface area contributed by atoms with E-state index in [1.54, 1.807) is 0 Å². The van der Waals surface area contributed by atoms with Crippen molar-refractivity contribution < 1.29 is 4.79 Å². The molecule has 0 saturated heterocycles. The summed E-state index contributed by atoms with van der Waals surface area (Å²) in [7, 11) is 1.88. The molecule has 4 rings (SSSR count). The Balaban J connectivity index is 1.57. The average molecular weight is 397 g/mol. The number of Topliss-reactive ketones (excluding diaryl/α,β-unsaturated/α-hetero) is 1. The van der Waals surface area contributed by atoms with Crippen molar-refractivity contribution in [2.24, 2.45) is 0 Å². The van der Waals surface area contributed by atoms with Crippen molar-refractivity contribution in [2.75, 3.05) is 17.7 Å². The van der Waals surface area contributed by atoms with E-state index >= 15 is 0 Å². The number of hydrogen-bond acceptors (Lipinski definition) is 8. The fraction of sp³-hybridized carbons (Fsp3) is 0.111. The number of benzene rings is 1. The van der Waals surface area contributed by atoms with E-state index in [0.717, 1.165) is 25.8 Å². The minimum Gasteiger partial charge on any atom is -0.337 e. The van der Waals surface area contributed by atoms with E-state index in [1.807, 2.05) is 47.7 Å². The Morgan fingerprint density at radius 1 is 1.31 bits per heavy atom. The number of para-hydroxylation sites is 1. The van der Waals surface area contributed by atoms with E-state index in [4.69, 9.17) is 0 Å². The van der Waals surface area contributed by atoms with Gasteiger partial charge in [0.15, 0.2) is 5.78 Å². The third-order valence-corrected chi connectivity index (χ3v) is 6.97. The summed E-state index contributed by atoms with van der Waals surface area (Å²) in [5.74, 6) is -0.0271. The van der Waals surface area contributed by atoms with Gasteiger partial charge in [-0.2, -0.15) is 5.26 Å². The minimum atomic E-state index is -0.193. The van der Waals surface area contributed by atoms with Gasteiger partial charge < -0.3 is 4.90 Å². The first kappa shape index (κ1) is 17.1. The molecule has 2 aromatic heterocycles. The zero-order valence-electron chi connectivity index (χ0n) is 13.7. The first-order valence-corrected chi connectivity index (χ1v) is 10.4. The van der Waals surface area contributed by atoms with Gasteiger partial charge in [-0.1, -0.05) is 35.7 Å². The molecule has 0 N–H and O–H groups in total. The molecule has 0 saturated carbocycles. The minimum absolute atomic E-state index is 0.166. The zero-order valence-corrected chi connectivity index (χ0v) is 16.1. The van der Waals surface area contributed by atoms with Gasteiger partial charge in [0.1, 0.15) is 32.9 Å². The number of carbonyl (C=O) groups is 1. The van der Waals surface area contributed by atoms with Crippen LogP contribution >= 0.6 is 34.9 Å². The molecule has 3 aromatic rings. The second-order valence-electron chi connectivity index (χ2n) is 5.45. The van der Waals surface area contributed by atoms with Gasteiger partial charge in [-0.3, -0.25) is 4.79 Å². The molecule has 0 aliphatic carbocycles. The van der Waals surface area contributed by atoms with Gasteiger partial charge in [0.25, 0.3) is 0 Å². The standard InChI is InChI=1S/C18H12N4OS3/c1-22-13-4-2-3-5-15(13)26-18(22)12(8-19)14(23)9-25-17-11-6-7-24-16(11)20-10-21-17/h2-7,10H,9H2,1H3/b18-12-. The third kappa shape index (κ3) is 2.98. The van der Waals surface area contributed by atoms with Gasteiger partial charge in [0.05, 0.1) is 11.4 Å². The van der Waals surface area contributed by atoms with Crippen LogP contribution in [-0.2, 0) is 4.79 Å². The lowest BCUT2D eigenvalue weighted by Gasteiger charge is -2.14. The quantitative estimate of drug-likeness (QED) is 0.281. The Kier molecular flexibility index (Phi) is 4.68. The molecule has 0 amide bonds. The van der Waals surface area contributed by atoms with Crippen LogP contribution in [0.5, 0.6) is 0 Å². The smallest absolute Gasteiger partial charge is 0.186 e. The largest absolute Gasteiger partial charge is 0.337 e. The molecule has 0 fully saturated rings. The van der Waals surface area contributed by atoms with Crippen LogP contribution in [0.1, 0.15) is 0 Å². The van der Waals surface area contributed by atoms with Crippen LogP contribution in [0, 0.1) is 11.3 Å². The molecule has 1 aliphatic heterocycles. The number of carbonyl (C=O) groups excluding carboxylic acids is 1. The Labute approximate surface area is 162 Å². The summed E-state index contributed by atoms with van der Waals surface area (Å²) < 4.78 is 0. The molecule has 26 heavy (non-hydrogen) atoms. The first-order valence-electron chi connectivity index (χ1n) is 7.68. The number of rotatable bonds is 4. The van der Waals surface area contributed by atoms with Gasteiger partial charge in [-0.25, -0.2) is 9.97 Å². The van der Waals surface area contributed by atoms with E-state index in [1.165, 1.54) is 41.2 Å². The van der Waals surface area contributed by atoms with E-state index in [-0.39, 0.29) is 17.1 Å². The highest BCUT2D eigenvalue weighted by Crippen LogP contribution is 2.46. The maximum Gasteiger partial charge on any atom is 0.186 e. The van der Waals surface area contributed by atoms with E-state index in [9.17, 15) is 10.1 Å². The van der Waals surface area contributed by atoms with Crippen LogP contribution in [0.4, 0.5) is 5.69 Å². The summed E-state index contributed by atoms with van der Waals surface area (Å²) in [4.78, 5) is 25.1. The fourth-order valence-corrected chi connectivity index (χ4v) is 5.45. The van der Waals surface area contributed by atoms with Crippen molar-refractivity contribution in [3.05, 3.63) is 52.6 Å². The molecule has 5 nitrogen and oxygen atoms in total. The maximum atomic E-state index is 12.7. The lowest BCUT2D eigenvalue weighted by Crippen LogP contribution is -2.16. The number of hydrogen-bond donors (Lipinski definition) is 0. The van der Waals surface area contributed by atoms with Crippen molar-refractivity contribution in [3.63, 3.8) is 0 Å². The Morgan fingerprint density at radius 2 is 2.15 bits per heavy atom. The number of nitrogens with zero attached hydrogens (tertiary/aromatic N) is 4. The predicted octanol–water partition coefficient (Wildman–Crippen LogP) is 4.33. The topological polar surface area (TPSA) is 69.9 Å². The molecule has 1 aliphatic rings. The molecule has 3 heterocycles. The number of thioether (sulfide) groups is 2. The number of allylic oxidation sites excluding steroid dienone is 1. The second kappa shape index (κ2) is 7.11. The molecule has 128 valence electrons. The van der Waals surface area contributed by atoms with Crippen molar-refractivity contribution in [1.29, 1.82) is 5.26 Å². The van der Waals surface area contributed by atoms with Gasteiger partial charge in [-0.05, 0) is 23.6 Å². The van der Waals surface area contributed by atoms with E-state index in [2.05, 4.69) is 16.0 Å². The van der Waals surface area contributed by atoms with Crippen LogP contribution in [0.25, 0.3) is 10.2 Å². The summed E-state index contributed by atoms with van der Waals surface area (Å²) in [6, 6.07) is 11.9. The van der Waals surface area contributed by atoms with Crippen molar-refractivity contribution in [1.82, 2.24) is 9.97 Å². The average Bonchev–Trinajstić information content (AvgIpc) is 3.26. The van der Waals surface area contributed by atoms with Crippen LogP contribution in [0.3, 0.4) is 0 Å². The van der Waals surface area contributed by atoms with Gasteiger partial charge in [0.2, 0.25) is 0 Å². The predicted molar refractivity (Wildman–Crippen MR) is 106 cm³/mol. The van der Waals surface area contributed by atoms with E-state index in [0.29, 0.717) is 5.03 Å². The number of ketones is 1. The number of thiophene rings is 1. The molecule has 0 unspecified atom stereocenters. The van der Waals surface area contributed by atoms with Crippen LogP contribution in [-0.4, -0.2) is 28.6 Å². The Bertz CT molecular complexity index is 1080. The second-order valence-corrected chi connectivity index (χ2v) is 8.34. The number of aromatic nitrogens is 2. The van der Waals surface area contributed by atoms with Crippen molar-refractivity contribution >= 4 is 56.5 Å². The summed E-state index contributed by atoms with van der Waals surface area (Å²) in [5, 5.41) is 13.9. The normalized spacial score (nSPS) is 15.0. The van der Waals surface area contributed by atoms with E-state index < -0.39 is 0 Å².